The molecule has 3 nitrogen and oxygen atoms in total. The monoisotopic (exact) mass is 402 g/mol. The first kappa shape index (κ1) is 17.2. The smallest absolute Gasteiger partial charge is 0.236 e. The minimum atomic E-state index is 0. The Morgan fingerprint density at radius 1 is 1.40 bits per heavy atom. The van der Waals surface area contributed by atoms with E-state index in [2.05, 4.69) is 11.5 Å². The molecule has 1 aliphatic heterocycles. The van der Waals surface area contributed by atoms with E-state index in [-0.39, 0.29) is 29.9 Å². The molecule has 1 aromatic rings. The van der Waals surface area contributed by atoms with Crippen LogP contribution < -0.4 is 28.9 Å². The van der Waals surface area contributed by atoms with E-state index >= 15 is 0 Å². The molecule has 1 amide bonds. The van der Waals surface area contributed by atoms with Crippen LogP contribution in [0.15, 0.2) is 42.6 Å². The molecule has 1 aromatic carbocycles. The van der Waals surface area contributed by atoms with Gasteiger partial charge < -0.3 is 24.0 Å². The maximum absolute atomic E-state index is 11.7. The summed E-state index contributed by atoms with van der Waals surface area (Å²) < 4.78 is 2.32. The van der Waals surface area contributed by atoms with Gasteiger partial charge >= 0.3 is 0 Å². The third-order valence-electron chi connectivity index (χ3n) is 3.04. The van der Waals surface area contributed by atoms with Crippen molar-refractivity contribution in [2.24, 2.45) is 0 Å². The molecule has 0 saturated carbocycles. The summed E-state index contributed by atoms with van der Waals surface area (Å²) >= 11 is 1.84. The zero-order valence-electron chi connectivity index (χ0n) is 11.8. The first-order chi connectivity index (χ1) is 9.22. The molecule has 0 unspecified atom stereocenters. The molecule has 0 spiro atoms. The summed E-state index contributed by atoms with van der Waals surface area (Å²) in [6, 6.07) is 9.71. The number of rotatable bonds is 4. The molecular formula is C15H19IN2OS. The van der Waals surface area contributed by atoms with E-state index in [9.17, 15) is 4.79 Å². The van der Waals surface area contributed by atoms with Gasteiger partial charge in [0.15, 0.2) is 6.54 Å². The van der Waals surface area contributed by atoms with Gasteiger partial charge in [-0.2, -0.15) is 0 Å². The van der Waals surface area contributed by atoms with Crippen LogP contribution in [0.4, 0.5) is 5.69 Å². The van der Waals surface area contributed by atoms with E-state index in [4.69, 9.17) is 0 Å². The highest BCUT2D eigenvalue weighted by Gasteiger charge is 2.19. The number of nitrogens with zero attached hydrogens (tertiary/aromatic N) is 2. The van der Waals surface area contributed by atoms with Crippen molar-refractivity contribution in [2.45, 2.75) is 13.8 Å². The Balaban J connectivity index is 0.00000200. The molecule has 108 valence electrons. The van der Waals surface area contributed by atoms with E-state index in [0.29, 0.717) is 0 Å². The van der Waals surface area contributed by atoms with Crippen LogP contribution in [0.1, 0.15) is 13.8 Å². The zero-order valence-corrected chi connectivity index (χ0v) is 14.7. The summed E-state index contributed by atoms with van der Waals surface area (Å²) in [4.78, 5) is 13.4. The average Bonchev–Trinajstić information content (AvgIpc) is 2.87. The Morgan fingerprint density at radius 3 is 2.70 bits per heavy atom. The molecule has 1 aliphatic rings. The SMILES string of the molecule is CC[N+]1=C(C=CN(C(C)=O)c2ccccc2)SCC1.[I-]. The van der Waals surface area contributed by atoms with Crippen molar-refractivity contribution in [3.8, 4) is 0 Å². The summed E-state index contributed by atoms with van der Waals surface area (Å²) in [7, 11) is 0. The average molecular weight is 402 g/mol. The third-order valence-corrected chi connectivity index (χ3v) is 4.12. The van der Waals surface area contributed by atoms with Crippen molar-refractivity contribution in [3.63, 3.8) is 0 Å². The van der Waals surface area contributed by atoms with Crippen molar-refractivity contribution < 1.29 is 33.3 Å². The lowest BCUT2D eigenvalue weighted by molar-refractivity contribution is -0.513. The van der Waals surface area contributed by atoms with Crippen LogP contribution in [0, 0.1) is 0 Å². The van der Waals surface area contributed by atoms with Gasteiger partial charge in [-0.15, -0.1) is 0 Å². The number of benzene rings is 1. The van der Waals surface area contributed by atoms with Gasteiger partial charge in [0.25, 0.3) is 0 Å². The number of carbonyl (C=O) groups excluding carboxylic acids is 1. The van der Waals surface area contributed by atoms with E-state index in [1.165, 1.54) is 5.04 Å². The number of carbonyl (C=O) groups is 1. The predicted octanol–water partition coefficient (Wildman–Crippen LogP) is -0.265. The molecule has 20 heavy (non-hydrogen) atoms. The lowest BCUT2D eigenvalue weighted by Gasteiger charge is -2.15. The summed E-state index contributed by atoms with van der Waals surface area (Å²) in [5, 5.41) is 1.24. The number of hydrogen-bond donors (Lipinski definition) is 0. The molecule has 0 bridgehead atoms. The summed E-state index contributed by atoms with van der Waals surface area (Å²) in [5.41, 5.74) is 0.901. The van der Waals surface area contributed by atoms with Gasteiger partial charge in [0.1, 0.15) is 6.54 Å². The molecular weight excluding hydrogens is 383 g/mol. The van der Waals surface area contributed by atoms with Gasteiger partial charge in [-0.1, -0.05) is 30.0 Å². The molecule has 0 atom stereocenters. The van der Waals surface area contributed by atoms with Crippen LogP contribution in [0.2, 0.25) is 0 Å². The Hall–Kier alpha value is -0.820. The van der Waals surface area contributed by atoms with Crippen molar-refractivity contribution >= 4 is 28.4 Å². The molecule has 0 radical (unpaired) electrons. The van der Waals surface area contributed by atoms with Crippen molar-refractivity contribution in [1.82, 2.24) is 0 Å². The van der Waals surface area contributed by atoms with Crippen LogP contribution in [-0.4, -0.2) is 34.4 Å². The van der Waals surface area contributed by atoms with Crippen molar-refractivity contribution in [2.75, 3.05) is 23.7 Å². The van der Waals surface area contributed by atoms with Crippen LogP contribution in [0.5, 0.6) is 0 Å². The third kappa shape index (κ3) is 4.34. The van der Waals surface area contributed by atoms with E-state index in [1.54, 1.807) is 11.8 Å². The maximum atomic E-state index is 11.7. The Bertz CT molecular complexity index is 514. The number of hydrogen-bond acceptors (Lipinski definition) is 2. The topological polar surface area (TPSA) is 23.3 Å². The fourth-order valence-electron chi connectivity index (χ4n) is 2.03. The Kier molecular flexibility index (Phi) is 7.29. The summed E-state index contributed by atoms with van der Waals surface area (Å²) in [6.07, 6.45) is 3.91. The number of thioether (sulfide) groups is 1. The molecule has 1 heterocycles. The van der Waals surface area contributed by atoms with Gasteiger partial charge in [0.2, 0.25) is 11.0 Å². The molecule has 0 fully saturated rings. The van der Waals surface area contributed by atoms with Crippen molar-refractivity contribution in [1.29, 1.82) is 0 Å². The van der Waals surface area contributed by atoms with E-state index < -0.39 is 0 Å². The van der Waals surface area contributed by atoms with Gasteiger partial charge in [-0.3, -0.25) is 9.69 Å². The van der Waals surface area contributed by atoms with Crippen molar-refractivity contribution in [3.05, 3.63) is 42.6 Å². The lowest BCUT2D eigenvalue weighted by Crippen LogP contribution is -3.00. The highest BCUT2D eigenvalue weighted by atomic mass is 127. The van der Waals surface area contributed by atoms with Crippen LogP contribution >= 0.6 is 11.8 Å². The number of para-hydroxylation sites is 1. The number of amides is 1. The van der Waals surface area contributed by atoms with Gasteiger partial charge in [0, 0.05) is 24.9 Å². The molecule has 0 N–H and O–H groups in total. The second-order valence-electron chi connectivity index (χ2n) is 4.31. The normalized spacial score (nSPS) is 14.5. The molecule has 2 rings (SSSR count). The minimum Gasteiger partial charge on any atom is -1.00 e. The number of halogens is 1. The highest BCUT2D eigenvalue weighted by Crippen LogP contribution is 2.16. The predicted molar refractivity (Wildman–Crippen MR) is 81.9 cm³/mol. The van der Waals surface area contributed by atoms with Crippen LogP contribution in [-0.2, 0) is 4.79 Å². The summed E-state index contributed by atoms with van der Waals surface area (Å²) in [6.45, 7) is 5.84. The minimum absolute atomic E-state index is 0. The van der Waals surface area contributed by atoms with Gasteiger partial charge in [-0.05, 0) is 19.1 Å². The second-order valence-corrected chi connectivity index (χ2v) is 5.42. The first-order valence-electron chi connectivity index (χ1n) is 6.50. The maximum Gasteiger partial charge on any atom is 0.236 e. The van der Waals surface area contributed by atoms with E-state index in [0.717, 1.165) is 24.5 Å². The first-order valence-corrected chi connectivity index (χ1v) is 7.48. The highest BCUT2D eigenvalue weighted by molar-refractivity contribution is 8.14. The molecule has 0 aromatic heterocycles. The largest absolute Gasteiger partial charge is 1.00 e. The molecule has 0 saturated heterocycles. The van der Waals surface area contributed by atoms with E-state index in [1.807, 2.05) is 54.4 Å². The Labute approximate surface area is 141 Å². The molecule has 0 aliphatic carbocycles. The fraction of sp³-hybridized carbons (Fsp3) is 0.333. The van der Waals surface area contributed by atoms with Crippen LogP contribution in [0.3, 0.4) is 0 Å². The number of anilines is 1. The molecule has 5 heteroatoms. The Morgan fingerprint density at radius 2 is 2.10 bits per heavy atom. The van der Waals surface area contributed by atoms with Crippen LogP contribution in [0.25, 0.3) is 0 Å². The second kappa shape index (κ2) is 8.46. The standard InChI is InChI=1S/C15H19N2OS.HI/c1-3-16-11-12-19-15(16)9-10-17(13(2)18)14-7-5-4-6-8-14;/h4-10H,3,11-12H2,1-2H3;1H/q+1;/p-1. The zero-order chi connectivity index (χ0) is 13.7. The van der Waals surface area contributed by atoms with Gasteiger partial charge in [0.05, 0.1) is 5.75 Å². The quantitative estimate of drug-likeness (QED) is 0.512. The van der Waals surface area contributed by atoms with Gasteiger partial charge in [-0.25, -0.2) is 4.58 Å². The fourth-order valence-corrected chi connectivity index (χ4v) is 3.11. The lowest BCUT2D eigenvalue weighted by atomic mass is 10.3. The summed E-state index contributed by atoms with van der Waals surface area (Å²) in [5.74, 6) is 1.15.